The number of rotatable bonds is 3. The lowest BCUT2D eigenvalue weighted by atomic mass is 10.1. The van der Waals surface area contributed by atoms with Crippen molar-refractivity contribution in [1.82, 2.24) is 0 Å². The van der Waals surface area contributed by atoms with Crippen molar-refractivity contribution < 1.29 is 9.66 Å². The van der Waals surface area contributed by atoms with Gasteiger partial charge in [-0.1, -0.05) is 17.7 Å². The molecule has 1 aromatic carbocycles. The molecule has 0 spiro atoms. The number of hydrogen-bond donors (Lipinski definition) is 0. The fraction of sp³-hybridized carbons (Fsp3) is 0.333. The number of morpholine rings is 1. The number of ether oxygens (including phenoxy) is 1. The van der Waals surface area contributed by atoms with Gasteiger partial charge in [-0.25, -0.2) is 0 Å². The molecule has 0 bridgehead atoms. The molecule has 0 amide bonds. The van der Waals surface area contributed by atoms with Crippen LogP contribution in [0, 0.1) is 17.0 Å². The average Bonchev–Trinajstić information content (AvgIpc) is 3.03. The predicted molar refractivity (Wildman–Crippen MR) is 88.1 cm³/mol. The van der Waals surface area contributed by atoms with Crippen LogP contribution >= 0.6 is 22.9 Å². The summed E-state index contributed by atoms with van der Waals surface area (Å²) >= 11 is 7.93. The fourth-order valence-corrected chi connectivity index (χ4v) is 3.65. The van der Waals surface area contributed by atoms with Gasteiger partial charge in [-0.2, -0.15) is 0 Å². The van der Waals surface area contributed by atoms with Crippen LogP contribution in [-0.2, 0) is 4.74 Å². The summed E-state index contributed by atoms with van der Waals surface area (Å²) in [4.78, 5) is 13.9. The molecular weight excluding hydrogens is 324 g/mol. The quantitative estimate of drug-likeness (QED) is 0.621. The Bertz CT molecular complexity index is 690. The molecule has 2 aromatic rings. The molecular formula is C15H15ClN2O3S. The van der Waals surface area contributed by atoms with Crippen LogP contribution in [0.2, 0.25) is 5.02 Å². The van der Waals surface area contributed by atoms with Gasteiger partial charge in [0, 0.05) is 29.6 Å². The number of nitro benzene ring substituents is 1. The number of aryl methyl sites for hydroxylation is 1. The van der Waals surface area contributed by atoms with Crippen molar-refractivity contribution in [3.8, 4) is 0 Å². The number of benzene rings is 1. The third kappa shape index (κ3) is 2.95. The van der Waals surface area contributed by atoms with Gasteiger partial charge >= 0.3 is 0 Å². The highest BCUT2D eigenvalue weighted by atomic mass is 35.5. The van der Waals surface area contributed by atoms with Crippen LogP contribution in [-0.4, -0.2) is 24.6 Å². The van der Waals surface area contributed by atoms with E-state index in [1.165, 1.54) is 10.9 Å². The maximum atomic E-state index is 11.0. The Balaban J connectivity index is 1.87. The van der Waals surface area contributed by atoms with Crippen molar-refractivity contribution >= 4 is 34.3 Å². The van der Waals surface area contributed by atoms with Gasteiger partial charge in [0.1, 0.15) is 6.10 Å². The second-order valence-corrected chi connectivity index (χ2v) is 6.55. The number of halogens is 1. The van der Waals surface area contributed by atoms with Crippen molar-refractivity contribution in [3.63, 3.8) is 0 Å². The van der Waals surface area contributed by atoms with Crippen molar-refractivity contribution in [1.29, 1.82) is 0 Å². The first-order chi connectivity index (χ1) is 10.6. The highest BCUT2D eigenvalue weighted by Crippen LogP contribution is 2.36. The molecule has 3 rings (SSSR count). The molecule has 1 fully saturated rings. The summed E-state index contributed by atoms with van der Waals surface area (Å²) in [5.74, 6) is 0. The van der Waals surface area contributed by atoms with Crippen LogP contribution in [0.4, 0.5) is 11.4 Å². The van der Waals surface area contributed by atoms with Crippen LogP contribution in [0.25, 0.3) is 0 Å². The molecule has 0 saturated carbocycles. The molecule has 116 valence electrons. The van der Waals surface area contributed by atoms with Gasteiger partial charge in [0.2, 0.25) is 0 Å². The Hall–Kier alpha value is -1.63. The van der Waals surface area contributed by atoms with Crippen molar-refractivity contribution in [2.75, 3.05) is 24.6 Å². The van der Waals surface area contributed by atoms with E-state index in [0.29, 0.717) is 23.7 Å². The van der Waals surface area contributed by atoms with Crippen molar-refractivity contribution in [2.24, 2.45) is 0 Å². The summed E-state index contributed by atoms with van der Waals surface area (Å²) in [5, 5.41) is 13.4. The molecule has 1 unspecified atom stereocenters. The highest BCUT2D eigenvalue weighted by molar-refractivity contribution is 7.10. The Morgan fingerprint density at radius 3 is 3.00 bits per heavy atom. The van der Waals surface area contributed by atoms with Crippen molar-refractivity contribution in [3.05, 3.63) is 55.2 Å². The standard InChI is InChI=1S/C15H15ClN2O3S/c1-10-7-13(11(16)8-12(10)18(19)20)17-4-5-21-14(9-17)15-3-2-6-22-15/h2-3,6-8,14H,4-5,9H2,1H3. The smallest absolute Gasteiger partial charge is 0.273 e. The summed E-state index contributed by atoms with van der Waals surface area (Å²) in [5.41, 5.74) is 1.50. The zero-order valence-corrected chi connectivity index (χ0v) is 13.6. The minimum Gasteiger partial charge on any atom is -0.369 e. The molecule has 1 saturated heterocycles. The highest BCUT2D eigenvalue weighted by Gasteiger charge is 2.25. The van der Waals surface area contributed by atoms with Crippen LogP contribution in [0.1, 0.15) is 16.5 Å². The second-order valence-electron chi connectivity index (χ2n) is 5.17. The summed E-state index contributed by atoms with van der Waals surface area (Å²) in [7, 11) is 0. The zero-order valence-electron chi connectivity index (χ0n) is 12.0. The van der Waals surface area contributed by atoms with Gasteiger partial charge < -0.3 is 9.64 Å². The summed E-state index contributed by atoms with van der Waals surface area (Å²) in [6, 6.07) is 7.28. The van der Waals surface area contributed by atoms with Crippen LogP contribution in [0.5, 0.6) is 0 Å². The SMILES string of the molecule is Cc1cc(N2CCOC(c3cccs3)C2)c(Cl)cc1[N+](=O)[O-]. The van der Waals surface area contributed by atoms with Crippen molar-refractivity contribution in [2.45, 2.75) is 13.0 Å². The number of hydrogen-bond acceptors (Lipinski definition) is 5. The minimum absolute atomic E-state index is 0.0142. The van der Waals surface area contributed by atoms with Crippen LogP contribution < -0.4 is 4.90 Å². The third-order valence-electron chi connectivity index (χ3n) is 3.73. The molecule has 1 atom stereocenters. The fourth-order valence-electron chi connectivity index (χ4n) is 2.61. The molecule has 1 aromatic heterocycles. The normalized spacial score (nSPS) is 18.5. The third-order valence-corrected chi connectivity index (χ3v) is 5.00. The first-order valence-electron chi connectivity index (χ1n) is 6.90. The molecule has 22 heavy (non-hydrogen) atoms. The molecule has 0 aliphatic carbocycles. The molecule has 1 aliphatic heterocycles. The Morgan fingerprint density at radius 1 is 1.50 bits per heavy atom. The summed E-state index contributed by atoms with van der Waals surface area (Å²) in [6.07, 6.45) is 0.0142. The van der Waals surface area contributed by atoms with E-state index in [2.05, 4.69) is 11.0 Å². The topological polar surface area (TPSA) is 55.6 Å². The van der Waals surface area contributed by atoms with Gasteiger partial charge in [0.25, 0.3) is 5.69 Å². The molecule has 1 aliphatic rings. The van der Waals surface area contributed by atoms with Gasteiger partial charge in [-0.3, -0.25) is 10.1 Å². The maximum Gasteiger partial charge on any atom is 0.273 e. The maximum absolute atomic E-state index is 11.0. The Kier molecular flexibility index (Phi) is 4.33. The lowest BCUT2D eigenvalue weighted by molar-refractivity contribution is -0.385. The number of thiophene rings is 1. The van der Waals surface area contributed by atoms with Crippen LogP contribution in [0.3, 0.4) is 0 Å². The first-order valence-corrected chi connectivity index (χ1v) is 8.16. The van der Waals surface area contributed by atoms with E-state index in [0.717, 1.165) is 12.2 Å². The van der Waals surface area contributed by atoms with Gasteiger partial charge in [-0.05, 0) is 24.4 Å². The second kappa shape index (κ2) is 6.24. The molecule has 7 heteroatoms. The van der Waals surface area contributed by atoms with Gasteiger partial charge in [0.15, 0.2) is 0 Å². The number of anilines is 1. The lowest BCUT2D eigenvalue weighted by Crippen LogP contribution is -2.38. The number of nitrogens with zero attached hydrogens (tertiary/aromatic N) is 2. The Labute approximate surface area is 137 Å². The molecule has 2 heterocycles. The largest absolute Gasteiger partial charge is 0.369 e. The summed E-state index contributed by atoms with van der Waals surface area (Å²) < 4.78 is 5.82. The molecule has 0 N–H and O–H groups in total. The van der Waals surface area contributed by atoms with E-state index in [1.54, 1.807) is 24.3 Å². The van der Waals surface area contributed by atoms with E-state index < -0.39 is 4.92 Å². The van der Waals surface area contributed by atoms with E-state index in [9.17, 15) is 10.1 Å². The van der Waals surface area contributed by atoms with E-state index in [4.69, 9.17) is 16.3 Å². The van der Waals surface area contributed by atoms with Gasteiger partial charge in [0.05, 0.1) is 22.2 Å². The van der Waals surface area contributed by atoms with E-state index in [1.807, 2.05) is 11.4 Å². The monoisotopic (exact) mass is 338 g/mol. The Morgan fingerprint density at radius 2 is 2.32 bits per heavy atom. The lowest BCUT2D eigenvalue weighted by Gasteiger charge is -2.34. The molecule has 0 radical (unpaired) electrons. The molecule has 5 nitrogen and oxygen atoms in total. The summed E-state index contributed by atoms with van der Waals surface area (Å²) in [6.45, 7) is 3.75. The average molecular weight is 339 g/mol. The first kappa shape index (κ1) is 15.3. The van der Waals surface area contributed by atoms with Crippen LogP contribution in [0.15, 0.2) is 29.6 Å². The van der Waals surface area contributed by atoms with E-state index >= 15 is 0 Å². The van der Waals surface area contributed by atoms with E-state index in [-0.39, 0.29) is 11.8 Å². The van der Waals surface area contributed by atoms with Gasteiger partial charge in [-0.15, -0.1) is 11.3 Å². The predicted octanol–water partition coefficient (Wildman–Crippen LogP) is 4.20. The zero-order chi connectivity index (χ0) is 15.7. The number of nitro groups is 1. The minimum atomic E-state index is -0.404.